The molecule has 0 radical (unpaired) electrons. The summed E-state index contributed by atoms with van der Waals surface area (Å²) >= 11 is 0. The largest absolute Gasteiger partial charge is 0.497 e. The molecule has 1 saturated carbocycles. The van der Waals surface area contributed by atoms with Crippen LogP contribution in [0.1, 0.15) is 45.6 Å². The van der Waals surface area contributed by atoms with E-state index >= 15 is 0 Å². The molecule has 1 aromatic carbocycles. The van der Waals surface area contributed by atoms with Crippen molar-refractivity contribution in [2.45, 2.75) is 76.4 Å². The van der Waals surface area contributed by atoms with Crippen LogP contribution < -0.4 is 10.5 Å². The molecular formula is C23H39NO3Si. The van der Waals surface area contributed by atoms with Gasteiger partial charge >= 0.3 is 0 Å². The first-order valence-electron chi connectivity index (χ1n) is 10.3. The van der Waals surface area contributed by atoms with Gasteiger partial charge in [-0.15, -0.1) is 6.58 Å². The van der Waals surface area contributed by atoms with Crippen LogP contribution in [0.15, 0.2) is 36.9 Å². The highest BCUT2D eigenvalue weighted by Crippen LogP contribution is 2.46. The molecule has 0 aliphatic heterocycles. The molecule has 0 saturated heterocycles. The number of ether oxygens (including phenoxy) is 2. The van der Waals surface area contributed by atoms with Gasteiger partial charge in [0.25, 0.3) is 0 Å². The van der Waals surface area contributed by atoms with Gasteiger partial charge in [0.2, 0.25) is 0 Å². The van der Waals surface area contributed by atoms with Gasteiger partial charge in [-0.1, -0.05) is 39.0 Å². The van der Waals surface area contributed by atoms with Crippen LogP contribution in [0, 0.1) is 5.92 Å². The monoisotopic (exact) mass is 405 g/mol. The smallest absolute Gasteiger partial charge is 0.192 e. The van der Waals surface area contributed by atoms with E-state index in [4.69, 9.17) is 19.6 Å². The second kappa shape index (κ2) is 9.12. The first kappa shape index (κ1) is 23.1. The Morgan fingerprint density at radius 3 is 2.29 bits per heavy atom. The van der Waals surface area contributed by atoms with Crippen LogP contribution in [0.2, 0.25) is 18.1 Å². The molecule has 1 aromatic rings. The van der Waals surface area contributed by atoms with Gasteiger partial charge in [-0.25, -0.2) is 0 Å². The van der Waals surface area contributed by atoms with Crippen molar-refractivity contribution in [1.29, 1.82) is 0 Å². The zero-order valence-corrected chi connectivity index (χ0v) is 19.6. The van der Waals surface area contributed by atoms with E-state index in [1.807, 2.05) is 30.3 Å². The molecule has 0 aromatic heterocycles. The lowest BCUT2D eigenvalue weighted by Gasteiger charge is -2.42. The van der Waals surface area contributed by atoms with Crippen molar-refractivity contribution in [1.82, 2.24) is 0 Å². The van der Waals surface area contributed by atoms with E-state index in [1.165, 1.54) is 0 Å². The van der Waals surface area contributed by atoms with Crippen molar-refractivity contribution in [3.8, 4) is 5.75 Å². The first-order valence-corrected chi connectivity index (χ1v) is 13.2. The van der Waals surface area contributed by atoms with Crippen LogP contribution in [0.3, 0.4) is 0 Å². The molecule has 0 bridgehead atoms. The number of rotatable bonds is 11. The summed E-state index contributed by atoms with van der Waals surface area (Å²) in [6.07, 6.45) is 4.94. The van der Waals surface area contributed by atoms with Crippen molar-refractivity contribution in [3.05, 3.63) is 42.5 Å². The Morgan fingerprint density at radius 2 is 1.82 bits per heavy atom. The van der Waals surface area contributed by atoms with Crippen molar-refractivity contribution in [2.24, 2.45) is 11.7 Å². The molecule has 5 heteroatoms. The van der Waals surface area contributed by atoms with Gasteiger partial charge in [0, 0.05) is 11.5 Å². The fourth-order valence-corrected chi connectivity index (χ4v) is 4.60. The third-order valence-electron chi connectivity index (χ3n) is 6.40. The zero-order valence-electron chi connectivity index (χ0n) is 18.6. The van der Waals surface area contributed by atoms with Gasteiger partial charge in [0.15, 0.2) is 8.32 Å². The Balaban J connectivity index is 2.09. The van der Waals surface area contributed by atoms with Crippen LogP contribution in [-0.2, 0) is 15.8 Å². The van der Waals surface area contributed by atoms with Crippen molar-refractivity contribution >= 4 is 8.32 Å². The summed E-state index contributed by atoms with van der Waals surface area (Å²) in [5, 5.41) is 0.144. The Bertz CT molecular complexity index is 632. The number of hydrogen-bond acceptors (Lipinski definition) is 4. The highest BCUT2D eigenvalue weighted by Gasteiger charge is 2.50. The fourth-order valence-electron chi connectivity index (χ4n) is 3.25. The summed E-state index contributed by atoms with van der Waals surface area (Å²) in [5.41, 5.74) is 7.63. The Hall–Kier alpha value is -1.14. The molecule has 2 N–H and O–H groups in total. The van der Waals surface area contributed by atoms with Crippen LogP contribution in [0.4, 0.5) is 0 Å². The molecule has 158 valence electrons. The first-order chi connectivity index (χ1) is 13.0. The molecule has 2 atom stereocenters. The van der Waals surface area contributed by atoms with E-state index < -0.39 is 8.32 Å². The SMILES string of the molecule is C=CCC(C(COCc1ccc(OC)cc1)O[Si](C)(C)C(C)(C)C)C1(N)CC1. The minimum absolute atomic E-state index is 0.00959. The molecule has 0 spiro atoms. The van der Waals surface area contributed by atoms with Gasteiger partial charge < -0.3 is 19.6 Å². The summed E-state index contributed by atoms with van der Waals surface area (Å²) in [5.74, 6) is 1.10. The fraction of sp³-hybridized carbons (Fsp3) is 0.652. The molecule has 0 heterocycles. The molecular weight excluding hydrogens is 366 g/mol. The van der Waals surface area contributed by atoms with E-state index in [2.05, 4.69) is 40.4 Å². The summed E-state index contributed by atoms with van der Waals surface area (Å²) in [6, 6.07) is 7.99. The van der Waals surface area contributed by atoms with Gasteiger partial charge in [-0.05, 0) is 55.1 Å². The lowest BCUT2D eigenvalue weighted by Crippen LogP contribution is -2.51. The molecule has 1 fully saturated rings. The van der Waals surface area contributed by atoms with Gasteiger partial charge in [-0.2, -0.15) is 0 Å². The van der Waals surface area contributed by atoms with Crippen molar-refractivity contribution in [2.75, 3.05) is 13.7 Å². The van der Waals surface area contributed by atoms with Crippen LogP contribution in [0.5, 0.6) is 5.75 Å². The summed E-state index contributed by atoms with van der Waals surface area (Å²) < 4.78 is 18.2. The average molecular weight is 406 g/mol. The predicted octanol–water partition coefficient (Wildman–Crippen LogP) is 5.29. The van der Waals surface area contributed by atoms with Crippen LogP contribution in [0.25, 0.3) is 0 Å². The number of methoxy groups -OCH3 is 1. The van der Waals surface area contributed by atoms with E-state index in [-0.39, 0.29) is 22.6 Å². The molecule has 28 heavy (non-hydrogen) atoms. The van der Waals surface area contributed by atoms with E-state index in [0.717, 1.165) is 30.6 Å². The molecule has 2 unspecified atom stereocenters. The van der Waals surface area contributed by atoms with Gasteiger partial charge in [0.1, 0.15) is 5.75 Å². The number of nitrogens with two attached hydrogens (primary N) is 1. The number of allylic oxidation sites excluding steroid dienone is 1. The maximum Gasteiger partial charge on any atom is 0.192 e. The third-order valence-corrected chi connectivity index (χ3v) is 10.9. The Morgan fingerprint density at radius 1 is 1.21 bits per heavy atom. The lowest BCUT2D eigenvalue weighted by molar-refractivity contribution is -0.00308. The van der Waals surface area contributed by atoms with Crippen LogP contribution >= 0.6 is 0 Å². The highest BCUT2D eigenvalue weighted by atomic mass is 28.4. The second-order valence-electron chi connectivity index (χ2n) is 9.64. The van der Waals surface area contributed by atoms with Crippen molar-refractivity contribution < 1.29 is 13.9 Å². The summed E-state index contributed by atoms with van der Waals surface area (Å²) in [6.45, 7) is 16.5. The Labute approximate surface area is 172 Å². The third kappa shape index (κ3) is 5.93. The molecule has 4 nitrogen and oxygen atoms in total. The van der Waals surface area contributed by atoms with E-state index in [1.54, 1.807) is 7.11 Å². The quantitative estimate of drug-likeness (QED) is 0.402. The maximum atomic E-state index is 6.82. The molecule has 0 amide bonds. The maximum absolute atomic E-state index is 6.82. The minimum atomic E-state index is -1.94. The van der Waals surface area contributed by atoms with E-state index in [0.29, 0.717) is 13.2 Å². The summed E-state index contributed by atoms with van der Waals surface area (Å²) in [4.78, 5) is 0. The van der Waals surface area contributed by atoms with E-state index in [9.17, 15) is 0 Å². The predicted molar refractivity (Wildman–Crippen MR) is 119 cm³/mol. The molecule has 2 rings (SSSR count). The normalized spacial score (nSPS) is 18.4. The standard InChI is InChI=1S/C23H39NO3Si/c1-8-9-20(23(24)14-15-23)21(27-28(6,7)22(2,3)4)17-26-16-18-10-12-19(25-5)13-11-18/h8,10-13,20-21H,1,9,14-17,24H2,2-7H3. The number of benzene rings is 1. The summed E-state index contributed by atoms with van der Waals surface area (Å²) in [7, 11) is -0.264. The second-order valence-corrected chi connectivity index (χ2v) is 14.4. The van der Waals surface area contributed by atoms with Gasteiger partial charge in [0.05, 0.1) is 26.4 Å². The zero-order chi connectivity index (χ0) is 21.0. The van der Waals surface area contributed by atoms with Crippen molar-refractivity contribution in [3.63, 3.8) is 0 Å². The Kier molecular flexibility index (Phi) is 7.54. The topological polar surface area (TPSA) is 53.7 Å². The molecule has 1 aliphatic carbocycles. The average Bonchev–Trinajstić information content (AvgIpc) is 3.36. The highest BCUT2D eigenvalue weighted by molar-refractivity contribution is 6.74. The van der Waals surface area contributed by atoms with Gasteiger partial charge in [-0.3, -0.25) is 0 Å². The number of hydrogen-bond donors (Lipinski definition) is 1. The minimum Gasteiger partial charge on any atom is -0.497 e. The van der Waals surface area contributed by atoms with Crippen LogP contribution in [-0.4, -0.2) is 33.7 Å². The lowest BCUT2D eigenvalue weighted by atomic mass is 9.89. The molecule has 1 aliphatic rings.